The van der Waals surface area contributed by atoms with Gasteiger partial charge in [0.15, 0.2) is 6.23 Å². The van der Waals surface area contributed by atoms with E-state index in [1.807, 2.05) is 0 Å². The van der Waals surface area contributed by atoms with E-state index in [0.717, 1.165) is 4.57 Å². The monoisotopic (exact) mass is 325 g/mol. The Kier molecular flexibility index (Phi) is 5.70. The van der Waals surface area contributed by atoms with E-state index in [9.17, 15) is 15.0 Å². The van der Waals surface area contributed by atoms with Crippen molar-refractivity contribution in [1.82, 2.24) is 9.55 Å². The van der Waals surface area contributed by atoms with Gasteiger partial charge in [-0.2, -0.15) is 4.98 Å². The number of aliphatic hydroxyl groups is 2. The van der Waals surface area contributed by atoms with Crippen molar-refractivity contribution in [3.63, 3.8) is 0 Å². The van der Waals surface area contributed by atoms with E-state index in [0.29, 0.717) is 6.61 Å². The third-order valence-corrected chi connectivity index (χ3v) is 3.50. The molecule has 1 aliphatic rings. The number of ether oxygens (including phenoxy) is 3. The van der Waals surface area contributed by atoms with Gasteiger partial charge in [-0.25, -0.2) is 4.79 Å². The van der Waals surface area contributed by atoms with Crippen molar-refractivity contribution in [3.05, 3.63) is 22.2 Å². The lowest BCUT2D eigenvalue weighted by Crippen LogP contribution is -2.39. The standard InChI is InChI=1S/C14H19N3O6/c1-3-8-6-17(14(20)16-12(8)15)13-11(22-5-4-21-2)10(19)9(7-18)23-13/h1,6,9-11,13,18-19H,4-5,7H2,2H3,(H2,15,16,20)/t9-,10?,11?,13-/m1/s1. The summed E-state index contributed by atoms with van der Waals surface area (Å²) in [5.41, 5.74) is 5.09. The molecule has 1 aromatic rings. The zero-order valence-corrected chi connectivity index (χ0v) is 12.6. The van der Waals surface area contributed by atoms with Crippen LogP contribution in [0.3, 0.4) is 0 Å². The first-order valence-corrected chi connectivity index (χ1v) is 6.93. The number of methoxy groups -OCH3 is 1. The number of aromatic nitrogens is 2. The Morgan fingerprint density at radius 1 is 1.57 bits per heavy atom. The van der Waals surface area contributed by atoms with Crippen LogP contribution in [0.5, 0.6) is 0 Å². The van der Waals surface area contributed by atoms with Crippen molar-refractivity contribution in [3.8, 4) is 12.3 Å². The molecule has 126 valence electrons. The number of nitrogens with zero attached hydrogens (tertiary/aromatic N) is 2. The molecule has 4 atom stereocenters. The van der Waals surface area contributed by atoms with Crippen molar-refractivity contribution in [2.75, 3.05) is 32.7 Å². The summed E-state index contributed by atoms with van der Waals surface area (Å²) in [6, 6.07) is 0. The Labute approximate surface area is 132 Å². The average Bonchev–Trinajstić information content (AvgIpc) is 2.84. The van der Waals surface area contributed by atoms with Crippen LogP contribution >= 0.6 is 0 Å². The molecule has 23 heavy (non-hydrogen) atoms. The van der Waals surface area contributed by atoms with E-state index >= 15 is 0 Å². The molecule has 2 heterocycles. The van der Waals surface area contributed by atoms with Gasteiger partial charge in [0.1, 0.15) is 24.1 Å². The van der Waals surface area contributed by atoms with Gasteiger partial charge in [0.05, 0.1) is 25.4 Å². The van der Waals surface area contributed by atoms with Gasteiger partial charge in [0.25, 0.3) is 0 Å². The van der Waals surface area contributed by atoms with Crippen molar-refractivity contribution in [1.29, 1.82) is 0 Å². The van der Waals surface area contributed by atoms with E-state index in [2.05, 4.69) is 10.9 Å². The zero-order chi connectivity index (χ0) is 17.0. The minimum Gasteiger partial charge on any atom is -0.394 e. The Morgan fingerprint density at radius 3 is 2.91 bits per heavy atom. The predicted molar refractivity (Wildman–Crippen MR) is 79.5 cm³/mol. The van der Waals surface area contributed by atoms with Crippen molar-refractivity contribution < 1.29 is 24.4 Å². The summed E-state index contributed by atoms with van der Waals surface area (Å²) in [4.78, 5) is 15.7. The number of hydrogen-bond donors (Lipinski definition) is 3. The zero-order valence-electron chi connectivity index (χ0n) is 12.6. The number of rotatable bonds is 6. The molecule has 0 bridgehead atoms. The van der Waals surface area contributed by atoms with Gasteiger partial charge in [-0.3, -0.25) is 4.57 Å². The van der Waals surface area contributed by atoms with Gasteiger partial charge in [-0.1, -0.05) is 5.92 Å². The van der Waals surface area contributed by atoms with Gasteiger partial charge in [0.2, 0.25) is 0 Å². The first-order chi connectivity index (χ1) is 11.0. The fourth-order valence-electron chi connectivity index (χ4n) is 2.32. The fourth-order valence-corrected chi connectivity index (χ4v) is 2.32. The molecular formula is C14H19N3O6. The van der Waals surface area contributed by atoms with Crippen LogP contribution in [0.25, 0.3) is 0 Å². The maximum Gasteiger partial charge on any atom is 0.351 e. The van der Waals surface area contributed by atoms with Crippen LogP contribution in [-0.2, 0) is 14.2 Å². The van der Waals surface area contributed by atoms with E-state index in [1.54, 1.807) is 0 Å². The van der Waals surface area contributed by atoms with Gasteiger partial charge in [-0.05, 0) is 0 Å². The number of hydrogen-bond acceptors (Lipinski definition) is 8. The normalized spacial score (nSPS) is 27.0. The van der Waals surface area contributed by atoms with Gasteiger partial charge < -0.3 is 30.2 Å². The fraction of sp³-hybridized carbons (Fsp3) is 0.571. The van der Waals surface area contributed by atoms with Crippen molar-refractivity contribution in [2.45, 2.75) is 24.5 Å². The molecule has 0 aliphatic carbocycles. The SMILES string of the molecule is C#Cc1cn([C@@H]2O[C@H](CO)C(O)C2OCCOC)c(=O)nc1N. The third-order valence-electron chi connectivity index (χ3n) is 3.50. The number of aliphatic hydroxyl groups excluding tert-OH is 2. The molecule has 2 unspecified atom stereocenters. The van der Waals surface area contributed by atoms with Crippen LogP contribution in [-0.4, -0.2) is 65.0 Å². The highest BCUT2D eigenvalue weighted by atomic mass is 16.6. The molecule has 2 rings (SSSR count). The largest absolute Gasteiger partial charge is 0.394 e. The van der Waals surface area contributed by atoms with Crippen molar-refractivity contribution >= 4 is 5.82 Å². The number of nitrogen functional groups attached to an aromatic ring is 1. The first kappa shape index (κ1) is 17.4. The molecular weight excluding hydrogens is 306 g/mol. The van der Waals surface area contributed by atoms with Crippen LogP contribution in [0.2, 0.25) is 0 Å². The van der Waals surface area contributed by atoms with E-state index in [1.165, 1.54) is 13.3 Å². The second kappa shape index (κ2) is 7.54. The maximum atomic E-state index is 12.1. The second-order valence-electron chi connectivity index (χ2n) is 4.94. The lowest BCUT2D eigenvalue weighted by molar-refractivity contribution is -0.0819. The number of anilines is 1. The van der Waals surface area contributed by atoms with Crippen LogP contribution in [0.15, 0.2) is 11.0 Å². The summed E-state index contributed by atoms with van der Waals surface area (Å²) >= 11 is 0. The molecule has 0 saturated carbocycles. The Balaban J connectivity index is 2.35. The highest BCUT2D eigenvalue weighted by Gasteiger charge is 2.45. The van der Waals surface area contributed by atoms with Gasteiger partial charge in [-0.15, -0.1) is 6.42 Å². The summed E-state index contributed by atoms with van der Waals surface area (Å²) in [6.07, 6.45) is 2.72. The minimum absolute atomic E-state index is 0.0668. The minimum atomic E-state index is -1.12. The summed E-state index contributed by atoms with van der Waals surface area (Å²) in [6.45, 7) is 0.0422. The molecule has 0 amide bonds. The third kappa shape index (κ3) is 3.52. The Bertz CT molecular complexity index is 640. The maximum absolute atomic E-state index is 12.1. The Hall–Kier alpha value is -1.96. The summed E-state index contributed by atoms with van der Waals surface area (Å²) in [7, 11) is 1.51. The molecule has 9 heteroatoms. The topological polar surface area (TPSA) is 129 Å². The van der Waals surface area contributed by atoms with Crippen LogP contribution in [0.4, 0.5) is 5.82 Å². The summed E-state index contributed by atoms with van der Waals surface area (Å²) in [5, 5.41) is 19.5. The summed E-state index contributed by atoms with van der Waals surface area (Å²) in [5.74, 6) is 2.25. The van der Waals surface area contributed by atoms with Gasteiger partial charge >= 0.3 is 5.69 Å². The van der Waals surface area contributed by atoms with Crippen LogP contribution < -0.4 is 11.4 Å². The van der Waals surface area contributed by atoms with Crippen LogP contribution in [0, 0.1) is 12.3 Å². The lowest BCUT2D eigenvalue weighted by atomic mass is 10.1. The number of nitrogens with two attached hydrogens (primary N) is 1. The first-order valence-electron chi connectivity index (χ1n) is 6.93. The summed E-state index contributed by atoms with van der Waals surface area (Å²) < 4.78 is 17.0. The number of terminal acetylenes is 1. The second-order valence-corrected chi connectivity index (χ2v) is 4.94. The van der Waals surface area contributed by atoms with Crippen LogP contribution in [0.1, 0.15) is 11.8 Å². The molecule has 9 nitrogen and oxygen atoms in total. The molecule has 1 saturated heterocycles. The molecule has 0 radical (unpaired) electrons. The highest BCUT2D eigenvalue weighted by Crippen LogP contribution is 2.31. The quantitative estimate of drug-likeness (QED) is 0.408. The van der Waals surface area contributed by atoms with Crippen molar-refractivity contribution in [2.24, 2.45) is 0 Å². The van der Waals surface area contributed by atoms with E-state index in [-0.39, 0.29) is 18.0 Å². The molecule has 0 aromatic carbocycles. The van der Waals surface area contributed by atoms with Gasteiger partial charge in [0, 0.05) is 13.3 Å². The van der Waals surface area contributed by atoms with E-state index < -0.39 is 36.8 Å². The molecule has 1 aromatic heterocycles. The molecule has 1 aliphatic heterocycles. The Morgan fingerprint density at radius 2 is 2.30 bits per heavy atom. The molecule has 4 N–H and O–H groups in total. The molecule has 1 fully saturated rings. The smallest absolute Gasteiger partial charge is 0.351 e. The highest BCUT2D eigenvalue weighted by molar-refractivity contribution is 5.47. The average molecular weight is 325 g/mol. The predicted octanol–water partition coefficient (Wildman–Crippen LogP) is -1.91. The van der Waals surface area contributed by atoms with E-state index in [4.69, 9.17) is 26.4 Å². The lowest BCUT2D eigenvalue weighted by Gasteiger charge is -2.22. The molecule has 0 spiro atoms.